The highest BCUT2D eigenvalue weighted by atomic mass is 16.6. The summed E-state index contributed by atoms with van der Waals surface area (Å²) >= 11 is 0. The van der Waals surface area contributed by atoms with Crippen LogP contribution in [0.3, 0.4) is 0 Å². The van der Waals surface area contributed by atoms with Crippen molar-refractivity contribution in [1.82, 2.24) is 0 Å². The maximum absolute atomic E-state index is 10.7. The molecular weight excluding hydrogens is 392 g/mol. The molecule has 5 nitrogen and oxygen atoms in total. The summed E-state index contributed by atoms with van der Waals surface area (Å²) in [5, 5.41) is 30.8. The average Bonchev–Trinajstić information content (AvgIpc) is 2.83. The van der Waals surface area contributed by atoms with Crippen LogP contribution in [-0.4, -0.2) is 46.5 Å². The molecule has 1 aliphatic heterocycles. The zero-order valence-corrected chi connectivity index (χ0v) is 17.4. The van der Waals surface area contributed by atoms with E-state index in [-0.39, 0.29) is 6.61 Å². The maximum atomic E-state index is 10.7. The Kier molecular flexibility index (Phi) is 6.51. The predicted octanol–water partition coefficient (Wildman–Crippen LogP) is 3.07. The van der Waals surface area contributed by atoms with Crippen LogP contribution in [0.25, 0.3) is 0 Å². The maximum Gasteiger partial charge on any atom is 0.181 e. The normalized spacial score (nSPS) is 26.5. The lowest BCUT2D eigenvalue weighted by Crippen LogP contribution is -2.55. The summed E-state index contributed by atoms with van der Waals surface area (Å²) in [7, 11) is 0. The molecular formula is C26H28O5. The zero-order chi connectivity index (χ0) is 21.8. The smallest absolute Gasteiger partial charge is 0.181 e. The van der Waals surface area contributed by atoms with E-state index in [1.165, 1.54) is 0 Å². The van der Waals surface area contributed by atoms with Crippen LogP contribution in [0.5, 0.6) is 0 Å². The molecule has 0 spiro atoms. The molecule has 1 fully saturated rings. The molecule has 0 aliphatic carbocycles. The molecule has 3 aromatic carbocycles. The van der Waals surface area contributed by atoms with E-state index in [0.717, 1.165) is 16.7 Å². The first kappa shape index (κ1) is 21.7. The highest BCUT2D eigenvalue weighted by Crippen LogP contribution is 2.41. The molecule has 1 aliphatic rings. The number of rotatable bonds is 6. The van der Waals surface area contributed by atoms with Gasteiger partial charge in [0.05, 0.1) is 12.7 Å². The largest absolute Gasteiger partial charge is 0.390 e. The lowest BCUT2D eigenvalue weighted by atomic mass is 9.80. The third kappa shape index (κ3) is 4.15. The van der Waals surface area contributed by atoms with E-state index in [4.69, 9.17) is 9.47 Å². The van der Waals surface area contributed by atoms with Gasteiger partial charge in [0, 0.05) is 5.92 Å². The topological polar surface area (TPSA) is 79.2 Å². The van der Waals surface area contributed by atoms with Crippen LogP contribution >= 0.6 is 0 Å². The molecule has 3 N–H and O–H groups in total. The number of benzene rings is 3. The average molecular weight is 421 g/mol. The van der Waals surface area contributed by atoms with Crippen molar-refractivity contribution in [3.8, 4) is 0 Å². The van der Waals surface area contributed by atoms with Crippen LogP contribution < -0.4 is 0 Å². The Labute approximate surface area is 182 Å². The van der Waals surface area contributed by atoms with Crippen LogP contribution in [-0.2, 0) is 15.1 Å². The molecule has 4 rings (SSSR count). The lowest BCUT2D eigenvalue weighted by molar-refractivity contribution is -0.277. The minimum atomic E-state index is -1.37. The summed E-state index contributed by atoms with van der Waals surface area (Å²) in [6.07, 6.45) is -4.28. The summed E-state index contributed by atoms with van der Waals surface area (Å²) in [4.78, 5) is 0. The van der Waals surface area contributed by atoms with Crippen LogP contribution in [0.15, 0.2) is 91.0 Å². The Balaban J connectivity index is 1.78. The van der Waals surface area contributed by atoms with E-state index >= 15 is 0 Å². The summed E-state index contributed by atoms with van der Waals surface area (Å²) in [6, 6.07) is 29.7. The molecule has 0 radical (unpaired) electrons. The molecule has 1 saturated heterocycles. The summed E-state index contributed by atoms with van der Waals surface area (Å²) in [5.41, 5.74) is 1.86. The molecule has 5 heteroatoms. The fourth-order valence-corrected chi connectivity index (χ4v) is 4.25. The van der Waals surface area contributed by atoms with E-state index in [0.29, 0.717) is 0 Å². The van der Waals surface area contributed by atoms with Crippen molar-refractivity contribution in [3.05, 3.63) is 108 Å². The van der Waals surface area contributed by atoms with Gasteiger partial charge in [-0.3, -0.25) is 0 Å². The first-order valence-corrected chi connectivity index (χ1v) is 10.5. The second-order valence-corrected chi connectivity index (χ2v) is 8.00. The Morgan fingerprint density at radius 3 is 1.55 bits per heavy atom. The molecule has 0 saturated carbocycles. The van der Waals surface area contributed by atoms with Gasteiger partial charge in [0.15, 0.2) is 6.29 Å². The van der Waals surface area contributed by atoms with Crippen LogP contribution in [0, 0.1) is 5.92 Å². The van der Waals surface area contributed by atoms with E-state index < -0.39 is 36.1 Å². The minimum absolute atomic E-state index is 0.0218. The van der Waals surface area contributed by atoms with E-state index in [1.54, 1.807) is 6.92 Å². The van der Waals surface area contributed by atoms with Crippen molar-refractivity contribution in [1.29, 1.82) is 0 Å². The summed E-state index contributed by atoms with van der Waals surface area (Å²) in [6.45, 7) is 1.71. The zero-order valence-electron chi connectivity index (χ0n) is 17.4. The Bertz CT molecular complexity index is 851. The number of aliphatic hydroxyl groups is 3. The summed E-state index contributed by atoms with van der Waals surface area (Å²) in [5.74, 6) is -0.545. The molecule has 0 bridgehead atoms. The minimum Gasteiger partial charge on any atom is -0.390 e. The van der Waals surface area contributed by atoms with Gasteiger partial charge in [-0.2, -0.15) is 0 Å². The van der Waals surface area contributed by atoms with Gasteiger partial charge in [-0.1, -0.05) is 97.9 Å². The second-order valence-electron chi connectivity index (χ2n) is 8.00. The van der Waals surface area contributed by atoms with Crippen molar-refractivity contribution in [2.24, 2.45) is 5.92 Å². The lowest BCUT2D eigenvalue weighted by Gasteiger charge is -2.42. The van der Waals surface area contributed by atoms with Gasteiger partial charge >= 0.3 is 0 Å². The second kappa shape index (κ2) is 9.30. The molecule has 3 aromatic rings. The van der Waals surface area contributed by atoms with E-state index in [9.17, 15) is 15.3 Å². The molecule has 0 amide bonds. The van der Waals surface area contributed by atoms with Gasteiger partial charge in [-0.05, 0) is 16.7 Å². The van der Waals surface area contributed by atoms with Gasteiger partial charge in [-0.15, -0.1) is 0 Å². The van der Waals surface area contributed by atoms with Crippen LogP contribution in [0.4, 0.5) is 0 Å². The molecule has 0 aromatic heterocycles. The fraction of sp³-hybridized carbons (Fsp3) is 0.308. The van der Waals surface area contributed by atoms with Crippen LogP contribution in [0.1, 0.15) is 23.6 Å². The molecule has 31 heavy (non-hydrogen) atoms. The van der Waals surface area contributed by atoms with E-state index in [1.807, 2.05) is 91.0 Å². The third-order valence-corrected chi connectivity index (χ3v) is 6.07. The Morgan fingerprint density at radius 2 is 1.13 bits per heavy atom. The number of aliphatic hydroxyl groups excluding tert-OH is 3. The Hall–Kier alpha value is -2.54. The molecule has 1 heterocycles. The SMILES string of the molecule is C[C@@H]1C(O)C(O)OC(COC(c2ccccc2)(c2ccccc2)c2ccccc2)[C@H]1O. The van der Waals surface area contributed by atoms with Crippen molar-refractivity contribution < 1.29 is 24.8 Å². The Morgan fingerprint density at radius 1 is 0.710 bits per heavy atom. The monoisotopic (exact) mass is 420 g/mol. The first-order chi connectivity index (χ1) is 15.0. The highest BCUT2D eigenvalue weighted by Gasteiger charge is 2.44. The molecule has 162 valence electrons. The summed E-state index contributed by atoms with van der Waals surface area (Å²) < 4.78 is 12.2. The fourth-order valence-electron chi connectivity index (χ4n) is 4.25. The standard InChI is InChI=1S/C26H28O5/c1-18-23(27)22(31-25(29)24(18)28)17-30-26(19-11-5-2-6-12-19,20-13-7-3-8-14-20)21-15-9-4-10-16-21/h2-16,18,22-25,27-29H,17H2,1H3/t18-,22?,23-,24?,25?/m0/s1. The van der Waals surface area contributed by atoms with Crippen molar-refractivity contribution in [2.75, 3.05) is 6.61 Å². The van der Waals surface area contributed by atoms with Gasteiger partial charge in [0.1, 0.15) is 17.8 Å². The third-order valence-electron chi connectivity index (χ3n) is 6.07. The quantitative estimate of drug-likeness (QED) is 0.534. The van der Waals surface area contributed by atoms with Crippen LogP contribution in [0.2, 0.25) is 0 Å². The van der Waals surface area contributed by atoms with Crippen molar-refractivity contribution >= 4 is 0 Å². The number of hydrogen-bond donors (Lipinski definition) is 3. The van der Waals surface area contributed by atoms with Gasteiger partial charge in [0.2, 0.25) is 0 Å². The number of hydrogen-bond acceptors (Lipinski definition) is 5. The van der Waals surface area contributed by atoms with Gasteiger partial charge < -0.3 is 24.8 Å². The first-order valence-electron chi connectivity index (χ1n) is 10.5. The van der Waals surface area contributed by atoms with E-state index in [2.05, 4.69) is 0 Å². The molecule has 3 unspecified atom stereocenters. The van der Waals surface area contributed by atoms with Crippen molar-refractivity contribution in [2.45, 2.75) is 37.1 Å². The van der Waals surface area contributed by atoms with Gasteiger partial charge in [-0.25, -0.2) is 0 Å². The highest BCUT2D eigenvalue weighted by molar-refractivity contribution is 5.47. The molecule has 5 atom stereocenters. The predicted molar refractivity (Wildman–Crippen MR) is 117 cm³/mol. The van der Waals surface area contributed by atoms with Gasteiger partial charge in [0.25, 0.3) is 0 Å². The number of ether oxygens (including phenoxy) is 2. The van der Waals surface area contributed by atoms with Crippen molar-refractivity contribution in [3.63, 3.8) is 0 Å².